The summed E-state index contributed by atoms with van der Waals surface area (Å²) < 4.78 is 13.4. The van der Waals surface area contributed by atoms with E-state index in [2.05, 4.69) is 4.90 Å². The van der Waals surface area contributed by atoms with Crippen LogP contribution in [0.15, 0.2) is 24.3 Å². The molecule has 2 nitrogen and oxygen atoms in total. The number of hydrogen-bond acceptors (Lipinski definition) is 1. The van der Waals surface area contributed by atoms with Gasteiger partial charge >= 0.3 is 0 Å². The summed E-state index contributed by atoms with van der Waals surface area (Å²) in [6, 6.07) is 6.89. The molecule has 0 radical (unpaired) electrons. The normalized spacial score (nSPS) is 16.6. The number of halogens is 1. The second kappa shape index (κ2) is 5.10. The van der Waals surface area contributed by atoms with Gasteiger partial charge in [-0.05, 0) is 30.9 Å². The largest absolute Gasteiger partial charge is 0.360 e. The summed E-state index contributed by atoms with van der Waals surface area (Å²) in [6.45, 7) is 1.72. The fraction of sp³-hybridized carbons (Fsp3) is 0.462. The second-order valence-corrected chi connectivity index (χ2v) is 4.23. The molecule has 1 aliphatic heterocycles. The maximum Gasteiger partial charge on any atom is 0.126 e. The van der Waals surface area contributed by atoms with Crippen molar-refractivity contribution in [2.75, 3.05) is 13.1 Å². The van der Waals surface area contributed by atoms with Crippen molar-refractivity contribution in [1.29, 1.82) is 5.41 Å². The Morgan fingerprint density at radius 2 is 2.06 bits per heavy atom. The third kappa shape index (κ3) is 2.60. The van der Waals surface area contributed by atoms with E-state index in [9.17, 15) is 4.39 Å². The van der Waals surface area contributed by atoms with Crippen molar-refractivity contribution in [3.8, 4) is 0 Å². The van der Waals surface area contributed by atoms with Crippen LogP contribution in [-0.2, 0) is 6.42 Å². The van der Waals surface area contributed by atoms with Crippen molar-refractivity contribution >= 4 is 5.84 Å². The number of piperidine rings is 1. The zero-order valence-electron chi connectivity index (χ0n) is 9.38. The molecule has 1 heterocycles. The maximum atomic E-state index is 13.4. The van der Waals surface area contributed by atoms with E-state index < -0.39 is 0 Å². The van der Waals surface area contributed by atoms with Gasteiger partial charge < -0.3 is 4.90 Å². The number of amidine groups is 1. The molecule has 1 saturated heterocycles. The van der Waals surface area contributed by atoms with E-state index in [4.69, 9.17) is 5.41 Å². The predicted octanol–water partition coefficient (Wildman–Crippen LogP) is 2.83. The van der Waals surface area contributed by atoms with E-state index in [0.717, 1.165) is 37.9 Å². The lowest BCUT2D eigenvalue weighted by molar-refractivity contribution is 0.369. The van der Waals surface area contributed by atoms with Gasteiger partial charge in [-0.25, -0.2) is 4.39 Å². The third-order valence-corrected chi connectivity index (χ3v) is 3.08. The fourth-order valence-electron chi connectivity index (χ4n) is 2.09. The quantitative estimate of drug-likeness (QED) is 0.833. The molecule has 1 N–H and O–H groups in total. The van der Waals surface area contributed by atoms with Crippen LogP contribution in [0.1, 0.15) is 24.8 Å². The molecule has 0 aromatic heterocycles. The van der Waals surface area contributed by atoms with Crippen molar-refractivity contribution in [1.82, 2.24) is 4.90 Å². The highest BCUT2D eigenvalue weighted by Crippen LogP contribution is 2.13. The molecule has 0 atom stereocenters. The fourth-order valence-corrected chi connectivity index (χ4v) is 2.09. The molecule has 0 saturated carbocycles. The summed E-state index contributed by atoms with van der Waals surface area (Å²) in [4.78, 5) is 2.07. The van der Waals surface area contributed by atoms with Crippen LogP contribution in [0.3, 0.4) is 0 Å². The summed E-state index contributed by atoms with van der Waals surface area (Å²) in [5.41, 5.74) is 0.751. The molecule has 1 aliphatic rings. The van der Waals surface area contributed by atoms with Gasteiger partial charge in [0.05, 0.1) is 5.84 Å². The first-order chi connectivity index (χ1) is 7.77. The van der Waals surface area contributed by atoms with E-state index in [1.54, 1.807) is 6.07 Å². The lowest BCUT2D eigenvalue weighted by Gasteiger charge is -2.29. The highest BCUT2D eigenvalue weighted by molar-refractivity contribution is 5.79. The van der Waals surface area contributed by atoms with E-state index in [-0.39, 0.29) is 5.82 Å². The number of benzene rings is 1. The molecule has 0 unspecified atom stereocenters. The molecule has 86 valence electrons. The number of nitrogens with one attached hydrogen (secondary N) is 1. The predicted molar refractivity (Wildman–Crippen MR) is 63.3 cm³/mol. The van der Waals surface area contributed by atoms with Crippen LogP contribution in [0.4, 0.5) is 4.39 Å². The van der Waals surface area contributed by atoms with Crippen LogP contribution in [0.2, 0.25) is 0 Å². The Balaban J connectivity index is 1.92. The lowest BCUT2D eigenvalue weighted by Crippen LogP contribution is -2.36. The highest BCUT2D eigenvalue weighted by Gasteiger charge is 2.14. The molecule has 1 fully saturated rings. The van der Waals surface area contributed by atoms with Crippen LogP contribution in [-0.4, -0.2) is 23.8 Å². The van der Waals surface area contributed by atoms with Crippen molar-refractivity contribution in [2.45, 2.75) is 25.7 Å². The van der Waals surface area contributed by atoms with E-state index in [1.165, 1.54) is 6.07 Å². The molecule has 2 rings (SSSR count). The summed E-state index contributed by atoms with van der Waals surface area (Å²) in [5.74, 6) is 0.577. The van der Waals surface area contributed by atoms with Gasteiger partial charge in [0.25, 0.3) is 0 Å². The molecule has 0 amide bonds. The first-order valence-corrected chi connectivity index (χ1v) is 5.83. The summed E-state index contributed by atoms with van der Waals surface area (Å²) >= 11 is 0. The monoisotopic (exact) mass is 220 g/mol. The number of rotatable bonds is 3. The highest BCUT2D eigenvalue weighted by atomic mass is 19.1. The Labute approximate surface area is 95.6 Å². The molecule has 1 aromatic carbocycles. The Bertz CT molecular complexity index is 376. The van der Waals surface area contributed by atoms with Gasteiger partial charge in [-0.15, -0.1) is 0 Å². The van der Waals surface area contributed by atoms with E-state index >= 15 is 0 Å². The van der Waals surface area contributed by atoms with Crippen molar-refractivity contribution < 1.29 is 4.39 Å². The minimum atomic E-state index is -0.133. The van der Waals surface area contributed by atoms with Crippen LogP contribution in [0, 0.1) is 11.2 Å². The van der Waals surface area contributed by atoms with Gasteiger partial charge in [-0.3, -0.25) is 5.41 Å². The SMILES string of the molecule is N=C1CCCCN1CCc1ccccc1F. The topological polar surface area (TPSA) is 27.1 Å². The van der Waals surface area contributed by atoms with E-state index in [1.807, 2.05) is 12.1 Å². The lowest BCUT2D eigenvalue weighted by atomic mass is 10.1. The number of hydrogen-bond donors (Lipinski definition) is 1. The average molecular weight is 220 g/mol. The number of nitrogens with zero attached hydrogens (tertiary/aromatic N) is 1. The molecule has 16 heavy (non-hydrogen) atoms. The smallest absolute Gasteiger partial charge is 0.126 e. The first-order valence-electron chi connectivity index (χ1n) is 5.83. The Kier molecular flexibility index (Phi) is 3.54. The standard InChI is InChI=1S/C13H17FN2/c14-12-6-2-1-5-11(12)8-10-16-9-4-3-7-13(16)15/h1-2,5-6,15H,3-4,7-10H2. The average Bonchev–Trinajstić information content (AvgIpc) is 2.30. The minimum absolute atomic E-state index is 0.133. The Morgan fingerprint density at radius 1 is 1.25 bits per heavy atom. The van der Waals surface area contributed by atoms with Crippen LogP contribution in [0.5, 0.6) is 0 Å². The van der Waals surface area contributed by atoms with E-state index in [0.29, 0.717) is 12.3 Å². The van der Waals surface area contributed by atoms with Gasteiger partial charge in [-0.2, -0.15) is 0 Å². The van der Waals surface area contributed by atoms with Crippen LogP contribution >= 0.6 is 0 Å². The minimum Gasteiger partial charge on any atom is -0.360 e. The Morgan fingerprint density at radius 3 is 2.81 bits per heavy atom. The van der Waals surface area contributed by atoms with Crippen molar-refractivity contribution in [3.63, 3.8) is 0 Å². The molecule has 3 heteroatoms. The molecule has 1 aromatic rings. The molecular weight excluding hydrogens is 203 g/mol. The van der Waals surface area contributed by atoms with Gasteiger partial charge in [-0.1, -0.05) is 18.2 Å². The second-order valence-electron chi connectivity index (χ2n) is 4.23. The first kappa shape index (κ1) is 11.1. The zero-order valence-corrected chi connectivity index (χ0v) is 9.38. The summed E-state index contributed by atoms with van der Waals surface area (Å²) in [6.07, 6.45) is 3.83. The van der Waals surface area contributed by atoms with Gasteiger partial charge in [0, 0.05) is 19.5 Å². The third-order valence-electron chi connectivity index (χ3n) is 3.08. The number of likely N-dealkylation sites (tertiary alicyclic amines) is 1. The molecule has 0 bridgehead atoms. The summed E-state index contributed by atoms with van der Waals surface area (Å²) in [7, 11) is 0. The molecule has 0 aliphatic carbocycles. The van der Waals surface area contributed by atoms with Crippen LogP contribution < -0.4 is 0 Å². The van der Waals surface area contributed by atoms with Gasteiger partial charge in [0.15, 0.2) is 0 Å². The van der Waals surface area contributed by atoms with Crippen molar-refractivity contribution in [3.05, 3.63) is 35.6 Å². The molecule has 0 spiro atoms. The maximum absolute atomic E-state index is 13.4. The van der Waals surface area contributed by atoms with Crippen LogP contribution in [0.25, 0.3) is 0 Å². The zero-order chi connectivity index (χ0) is 11.4. The Hall–Kier alpha value is -1.38. The summed E-state index contributed by atoms with van der Waals surface area (Å²) in [5, 5.41) is 7.80. The van der Waals surface area contributed by atoms with Crippen molar-refractivity contribution in [2.24, 2.45) is 0 Å². The van der Waals surface area contributed by atoms with Gasteiger partial charge in [0.2, 0.25) is 0 Å². The van der Waals surface area contributed by atoms with Gasteiger partial charge in [0.1, 0.15) is 5.82 Å². The molecular formula is C13H17FN2.